The molecule has 4 heteroatoms. The predicted molar refractivity (Wildman–Crippen MR) is 100 cm³/mol. The van der Waals surface area contributed by atoms with Crippen LogP contribution in [0.15, 0.2) is 46.9 Å². The average molecular weight is 345 g/mol. The van der Waals surface area contributed by atoms with Gasteiger partial charge >= 0.3 is 0 Å². The second kappa shape index (κ2) is 10.4. The van der Waals surface area contributed by atoms with E-state index in [1.807, 2.05) is 49.4 Å². The monoisotopic (exact) mass is 345 g/mol. The van der Waals surface area contributed by atoms with Crippen molar-refractivity contribution in [2.45, 2.75) is 46.4 Å². The number of aliphatic hydroxyl groups excluding tert-OH is 1. The van der Waals surface area contributed by atoms with Crippen LogP contribution in [0.25, 0.3) is 0 Å². The number of benzene rings is 1. The summed E-state index contributed by atoms with van der Waals surface area (Å²) in [7, 11) is 0. The Morgan fingerprint density at radius 1 is 1.12 bits per heavy atom. The van der Waals surface area contributed by atoms with Gasteiger partial charge in [0.05, 0.1) is 25.9 Å². The van der Waals surface area contributed by atoms with Crippen LogP contribution in [0.5, 0.6) is 0 Å². The first-order valence-corrected chi connectivity index (χ1v) is 9.10. The van der Waals surface area contributed by atoms with E-state index in [0.717, 1.165) is 36.6 Å². The van der Waals surface area contributed by atoms with E-state index in [9.17, 15) is 5.11 Å². The Labute approximate surface area is 151 Å². The number of aryl methyl sites for hydroxylation is 1. The lowest BCUT2D eigenvalue weighted by Crippen LogP contribution is -2.35. The van der Waals surface area contributed by atoms with Crippen molar-refractivity contribution in [2.24, 2.45) is 5.92 Å². The van der Waals surface area contributed by atoms with Crippen molar-refractivity contribution < 1.29 is 14.3 Å². The van der Waals surface area contributed by atoms with Crippen LogP contribution < -0.4 is 0 Å². The summed E-state index contributed by atoms with van der Waals surface area (Å²) in [6, 6.07) is 14.0. The Morgan fingerprint density at radius 2 is 1.88 bits per heavy atom. The summed E-state index contributed by atoms with van der Waals surface area (Å²) in [5.41, 5.74) is 1.12. The number of hydrogen-bond donors (Lipinski definition) is 1. The topological polar surface area (TPSA) is 45.8 Å². The summed E-state index contributed by atoms with van der Waals surface area (Å²) < 4.78 is 11.3. The average Bonchev–Trinajstić information content (AvgIpc) is 2.98. The maximum atomic E-state index is 10.3. The molecule has 25 heavy (non-hydrogen) atoms. The van der Waals surface area contributed by atoms with Gasteiger partial charge in [-0.3, -0.25) is 4.90 Å². The highest BCUT2D eigenvalue weighted by atomic mass is 16.5. The lowest BCUT2D eigenvalue weighted by atomic mass is 10.1. The fourth-order valence-electron chi connectivity index (χ4n) is 2.70. The maximum Gasteiger partial charge on any atom is 0.118 e. The highest BCUT2D eigenvalue weighted by molar-refractivity contribution is 5.13. The van der Waals surface area contributed by atoms with E-state index < -0.39 is 6.10 Å². The molecule has 138 valence electrons. The van der Waals surface area contributed by atoms with Crippen LogP contribution in [0.3, 0.4) is 0 Å². The van der Waals surface area contributed by atoms with Crippen LogP contribution in [-0.2, 0) is 17.9 Å². The van der Waals surface area contributed by atoms with E-state index in [4.69, 9.17) is 9.15 Å². The zero-order chi connectivity index (χ0) is 18.1. The lowest BCUT2D eigenvalue weighted by molar-refractivity contribution is 0.00691. The number of furan rings is 1. The molecule has 0 fully saturated rings. The van der Waals surface area contributed by atoms with Gasteiger partial charge in [-0.15, -0.1) is 0 Å². The molecule has 0 bridgehead atoms. The van der Waals surface area contributed by atoms with E-state index in [1.165, 1.54) is 0 Å². The van der Waals surface area contributed by atoms with Gasteiger partial charge in [0, 0.05) is 6.54 Å². The quantitative estimate of drug-likeness (QED) is 0.668. The van der Waals surface area contributed by atoms with Crippen molar-refractivity contribution in [3.63, 3.8) is 0 Å². The van der Waals surface area contributed by atoms with Crippen molar-refractivity contribution in [3.05, 3.63) is 59.5 Å². The molecular formula is C21H31NO3. The highest BCUT2D eigenvalue weighted by Crippen LogP contribution is 2.12. The summed E-state index contributed by atoms with van der Waals surface area (Å²) in [5, 5.41) is 10.3. The zero-order valence-electron chi connectivity index (χ0n) is 15.6. The second-order valence-corrected chi connectivity index (χ2v) is 7.08. The Bertz CT molecular complexity index is 594. The van der Waals surface area contributed by atoms with Crippen molar-refractivity contribution >= 4 is 0 Å². The summed E-state index contributed by atoms with van der Waals surface area (Å²) in [5.74, 6) is 2.50. The van der Waals surface area contributed by atoms with Gasteiger partial charge in [0.1, 0.15) is 11.5 Å². The number of aliphatic hydroxyl groups is 1. The van der Waals surface area contributed by atoms with Gasteiger partial charge < -0.3 is 14.3 Å². The van der Waals surface area contributed by atoms with Crippen LogP contribution in [0.2, 0.25) is 0 Å². The number of hydrogen-bond acceptors (Lipinski definition) is 4. The third-order valence-corrected chi connectivity index (χ3v) is 4.09. The number of rotatable bonds is 11. The lowest BCUT2D eigenvalue weighted by Gasteiger charge is -2.25. The third-order valence-electron chi connectivity index (χ3n) is 4.09. The van der Waals surface area contributed by atoms with Crippen molar-refractivity contribution in [3.8, 4) is 0 Å². The Kier molecular flexibility index (Phi) is 8.19. The summed E-state index contributed by atoms with van der Waals surface area (Å²) in [6.07, 6.45) is 0.587. The van der Waals surface area contributed by atoms with Gasteiger partial charge in [-0.2, -0.15) is 0 Å². The number of ether oxygens (including phenoxy) is 1. The molecule has 0 unspecified atom stereocenters. The SMILES string of the molecule is Cc1ccc(CN(CCC(C)C)C[C@@H](O)COCc2ccccc2)o1. The molecule has 2 rings (SSSR count). The summed E-state index contributed by atoms with van der Waals surface area (Å²) in [4.78, 5) is 2.24. The third kappa shape index (κ3) is 7.86. The molecule has 0 saturated heterocycles. The molecule has 0 spiro atoms. The molecular weight excluding hydrogens is 314 g/mol. The predicted octanol–water partition coefficient (Wildman–Crippen LogP) is 4.01. The normalized spacial score (nSPS) is 12.9. The molecule has 0 aliphatic rings. The van der Waals surface area contributed by atoms with Gasteiger partial charge in [0.15, 0.2) is 0 Å². The minimum atomic E-state index is -0.507. The van der Waals surface area contributed by atoms with Crippen LogP contribution >= 0.6 is 0 Å². The van der Waals surface area contributed by atoms with E-state index in [1.54, 1.807) is 0 Å². The molecule has 2 aromatic rings. The zero-order valence-corrected chi connectivity index (χ0v) is 15.6. The van der Waals surface area contributed by atoms with E-state index in [0.29, 0.717) is 25.7 Å². The first-order valence-electron chi connectivity index (χ1n) is 9.10. The van der Waals surface area contributed by atoms with E-state index >= 15 is 0 Å². The highest BCUT2D eigenvalue weighted by Gasteiger charge is 2.15. The van der Waals surface area contributed by atoms with Gasteiger partial charge in [-0.1, -0.05) is 44.2 Å². The summed E-state index contributed by atoms with van der Waals surface area (Å²) >= 11 is 0. The van der Waals surface area contributed by atoms with Crippen molar-refractivity contribution in [1.82, 2.24) is 4.90 Å². The Hall–Kier alpha value is -1.62. The van der Waals surface area contributed by atoms with Crippen molar-refractivity contribution in [1.29, 1.82) is 0 Å². The van der Waals surface area contributed by atoms with Gasteiger partial charge in [-0.25, -0.2) is 0 Å². The Morgan fingerprint density at radius 3 is 2.52 bits per heavy atom. The molecule has 0 amide bonds. The van der Waals surface area contributed by atoms with Gasteiger partial charge in [-0.05, 0) is 43.5 Å². The molecule has 0 aliphatic carbocycles. The molecule has 1 aromatic carbocycles. The molecule has 0 aliphatic heterocycles. The Balaban J connectivity index is 1.79. The van der Waals surface area contributed by atoms with Gasteiger partial charge in [0.25, 0.3) is 0 Å². The maximum absolute atomic E-state index is 10.3. The first kappa shape index (κ1) is 19.7. The second-order valence-electron chi connectivity index (χ2n) is 7.08. The minimum absolute atomic E-state index is 0.338. The smallest absolute Gasteiger partial charge is 0.118 e. The molecule has 4 nitrogen and oxygen atoms in total. The molecule has 1 atom stereocenters. The fourth-order valence-corrected chi connectivity index (χ4v) is 2.70. The molecule has 0 radical (unpaired) electrons. The fraction of sp³-hybridized carbons (Fsp3) is 0.524. The first-order chi connectivity index (χ1) is 12.0. The standard InChI is InChI=1S/C21H31NO3/c1-17(2)11-12-22(14-21-10-9-18(3)25-21)13-20(23)16-24-15-19-7-5-4-6-8-19/h4-10,17,20,23H,11-16H2,1-3H3/t20-/m1/s1. The molecule has 1 aromatic heterocycles. The van der Waals surface area contributed by atoms with Crippen molar-refractivity contribution in [2.75, 3.05) is 19.7 Å². The molecule has 1 N–H and O–H groups in total. The molecule has 1 heterocycles. The van der Waals surface area contributed by atoms with E-state index in [2.05, 4.69) is 18.7 Å². The van der Waals surface area contributed by atoms with Crippen LogP contribution in [0.1, 0.15) is 37.4 Å². The van der Waals surface area contributed by atoms with Crippen LogP contribution in [-0.4, -0.2) is 35.8 Å². The summed E-state index contributed by atoms with van der Waals surface area (Å²) in [6.45, 7) is 9.49. The largest absolute Gasteiger partial charge is 0.465 e. The van der Waals surface area contributed by atoms with Gasteiger partial charge in [0.2, 0.25) is 0 Å². The number of nitrogens with zero attached hydrogens (tertiary/aromatic N) is 1. The van der Waals surface area contributed by atoms with Crippen LogP contribution in [0.4, 0.5) is 0 Å². The minimum Gasteiger partial charge on any atom is -0.465 e. The van der Waals surface area contributed by atoms with Crippen LogP contribution in [0, 0.1) is 12.8 Å². The van der Waals surface area contributed by atoms with E-state index in [-0.39, 0.29) is 0 Å². The molecule has 0 saturated carbocycles.